The highest BCUT2D eigenvalue weighted by molar-refractivity contribution is 5.82. The normalized spacial score (nSPS) is 36.6. The molecule has 1 aromatic carbocycles. The van der Waals surface area contributed by atoms with E-state index >= 15 is 0 Å². The third-order valence-corrected chi connectivity index (χ3v) is 9.25. The Morgan fingerprint density at radius 2 is 1.94 bits per heavy atom. The Kier molecular flexibility index (Phi) is 4.97. The van der Waals surface area contributed by atoms with Crippen LogP contribution in [0.3, 0.4) is 0 Å². The maximum absolute atomic E-state index is 12.1. The predicted octanol–water partition coefficient (Wildman–Crippen LogP) is 5.80. The van der Waals surface area contributed by atoms with Gasteiger partial charge in [-0.15, -0.1) is 0 Å². The van der Waals surface area contributed by atoms with Gasteiger partial charge in [-0.25, -0.2) is 0 Å². The zero-order valence-corrected chi connectivity index (χ0v) is 18.8. The molecule has 0 radical (unpaired) electrons. The van der Waals surface area contributed by atoms with Gasteiger partial charge in [0.2, 0.25) is 0 Å². The number of aliphatic hydroxyl groups is 1. The van der Waals surface area contributed by atoms with Crippen molar-refractivity contribution in [1.82, 2.24) is 0 Å². The number of ketones is 1. The number of anilines is 1. The van der Waals surface area contributed by atoms with E-state index < -0.39 is 0 Å². The molecule has 2 saturated carbocycles. The monoisotopic (exact) mass is 418 g/mol. The van der Waals surface area contributed by atoms with E-state index in [2.05, 4.69) is 42.6 Å². The SMILES string of the molecule is C=Nc1ccccc1N(CO)C1=CCC2C3CC=C4CC(=O)CCC4(C)C3CCC12C. The molecule has 4 aliphatic rings. The minimum Gasteiger partial charge on any atom is -0.376 e. The Balaban J connectivity index is 1.47. The molecule has 4 aliphatic carbocycles. The zero-order chi connectivity index (χ0) is 21.8. The van der Waals surface area contributed by atoms with Gasteiger partial charge < -0.3 is 10.0 Å². The van der Waals surface area contributed by atoms with E-state index in [-0.39, 0.29) is 17.6 Å². The molecule has 0 aliphatic heterocycles. The van der Waals surface area contributed by atoms with Crippen molar-refractivity contribution in [2.45, 2.75) is 58.8 Å². The molecule has 0 spiro atoms. The lowest BCUT2D eigenvalue weighted by Crippen LogP contribution is -2.50. The van der Waals surface area contributed by atoms with E-state index in [1.54, 1.807) is 0 Å². The Morgan fingerprint density at radius 3 is 2.71 bits per heavy atom. The van der Waals surface area contributed by atoms with Crippen molar-refractivity contribution in [3.8, 4) is 0 Å². The van der Waals surface area contributed by atoms with Crippen LogP contribution in [0.5, 0.6) is 0 Å². The van der Waals surface area contributed by atoms with Crippen LogP contribution in [-0.2, 0) is 4.79 Å². The van der Waals surface area contributed by atoms with Gasteiger partial charge >= 0.3 is 0 Å². The van der Waals surface area contributed by atoms with Crippen molar-refractivity contribution in [2.75, 3.05) is 11.6 Å². The van der Waals surface area contributed by atoms with Gasteiger partial charge in [0.25, 0.3) is 0 Å². The van der Waals surface area contributed by atoms with Crippen LogP contribution in [0.4, 0.5) is 11.4 Å². The Labute approximate surface area is 185 Å². The smallest absolute Gasteiger partial charge is 0.136 e. The number of hydrogen-bond donors (Lipinski definition) is 1. The Bertz CT molecular complexity index is 979. The summed E-state index contributed by atoms with van der Waals surface area (Å²) >= 11 is 0. The van der Waals surface area contributed by atoms with Crippen LogP contribution in [0.2, 0.25) is 0 Å². The summed E-state index contributed by atoms with van der Waals surface area (Å²) in [6.07, 6.45) is 11.7. The first-order valence-corrected chi connectivity index (χ1v) is 11.8. The fourth-order valence-electron chi connectivity index (χ4n) is 7.55. The van der Waals surface area contributed by atoms with Gasteiger partial charge in [0.05, 0.1) is 11.4 Å². The van der Waals surface area contributed by atoms with Crippen LogP contribution in [0.25, 0.3) is 0 Å². The molecular formula is C27H34N2O2. The summed E-state index contributed by atoms with van der Waals surface area (Å²) in [5, 5.41) is 10.4. The van der Waals surface area contributed by atoms with Gasteiger partial charge in [0.1, 0.15) is 12.5 Å². The molecule has 0 aromatic heterocycles. The molecule has 164 valence electrons. The molecule has 5 atom stereocenters. The summed E-state index contributed by atoms with van der Waals surface area (Å²) in [5.74, 6) is 2.30. The number of carbonyl (C=O) groups excluding carboxylic acids is 1. The first kappa shape index (κ1) is 20.7. The number of aliphatic imine (C=N–C) groups is 1. The van der Waals surface area contributed by atoms with E-state index in [1.165, 1.54) is 17.7 Å². The molecule has 0 saturated heterocycles. The van der Waals surface area contributed by atoms with Gasteiger partial charge in [0.15, 0.2) is 0 Å². The predicted molar refractivity (Wildman–Crippen MR) is 125 cm³/mol. The van der Waals surface area contributed by atoms with Crippen LogP contribution in [0.1, 0.15) is 58.8 Å². The van der Waals surface area contributed by atoms with Crippen LogP contribution < -0.4 is 4.90 Å². The van der Waals surface area contributed by atoms with Crippen molar-refractivity contribution in [2.24, 2.45) is 33.6 Å². The second-order valence-corrected chi connectivity index (χ2v) is 10.5. The highest BCUT2D eigenvalue weighted by Gasteiger charge is 2.57. The molecule has 0 amide bonds. The number of fused-ring (bicyclic) bond motifs is 5. The Hall–Kier alpha value is -2.20. The number of allylic oxidation sites excluding steroid dienone is 4. The van der Waals surface area contributed by atoms with Gasteiger partial charge in [0, 0.05) is 24.0 Å². The third-order valence-electron chi connectivity index (χ3n) is 9.25. The van der Waals surface area contributed by atoms with Crippen molar-refractivity contribution < 1.29 is 9.90 Å². The highest BCUT2D eigenvalue weighted by atomic mass is 16.3. The van der Waals surface area contributed by atoms with Crippen molar-refractivity contribution in [1.29, 1.82) is 0 Å². The quantitative estimate of drug-likeness (QED) is 0.382. The second-order valence-electron chi connectivity index (χ2n) is 10.5. The van der Waals surface area contributed by atoms with Crippen LogP contribution >= 0.6 is 0 Å². The minimum atomic E-state index is -0.0569. The van der Waals surface area contributed by atoms with Gasteiger partial charge in [-0.1, -0.05) is 43.7 Å². The van der Waals surface area contributed by atoms with E-state index in [9.17, 15) is 9.90 Å². The molecule has 31 heavy (non-hydrogen) atoms. The maximum Gasteiger partial charge on any atom is 0.136 e. The van der Waals surface area contributed by atoms with E-state index in [1.807, 2.05) is 24.3 Å². The van der Waals surface area contributed by atoms with Crippen LogP contribution in [0.15, 0.2) is 52.7 Å². The largest absolute Gasteiger partial charge is 0.376 e. The second kappa shape index (κ2) is 7.44. The summed E-state index contributed by atoms with van der Waals surface area (Å²) in [5.41, 5.74) is 4.64. The number of aliphatic hydroxyl groups excluding tert-OH is 1. The zero-order valence-electron chi connectivity index (χ0n) is 18.8. The molecule has 5 unspecified atom stereocenters. The average molecular weight is 419 g/mol. The summed E-state index contributed by atoms with van der Waals surface area (Å²) in [7, 11) is 0. The minimum absolute atomic E-state index is 0.0460. The number of benzene rings is 1. The highest BCUT2D eigenvalue weighted by Crippen LogP contribution is 2.65. The standard InChI is InChI=1S/C27H34N2O2/c1-26-14-12-19(31)16-18(26)8-9-20-21-10-11-25(27(21,2)15-13-22(20)26)29(17-30)24-7-5-4-6-23(24)28-3/h4-8,11,20-22,30H,3,9-10,12-17H2,1-2H3. The van der Waals surface area contributed by atoms with Crippen LogP contribution in [-0.4, -0.2) is 24.3 Å². The van der Waals surface area contributed by atoms with Gasteiger partial charge in [-0.05, 0) is 74.1 Å². The topological polar surface area (TPSA) is 52.9 Å². The number of para-hydroxylation sites is 2. The number of Topliss-reactive ketones (excluding diaryl/α,β-unsaturated/α-hetero) is 1. The summed E-state index contributed by atoms with van der Waals surface area (Å²) in [4.78, 5) is 18.4. The number of carbonyl (C=O) groups is 1. The molecule has 2 fully saturated rings. The molecule has 5 rings (SSSR count). The number of hydrogen-bond acceptors (Lipinski definition) is 4. The van der Waals surface area contributed by atoms with Crippen molar-refractivity contribution in [3.05, 3.63) is 47.7 Å². The molecular weight excluding hydrogens is 384 g/mol. The summed E-state index contributed by atoms with van der Waals surface area (Å²) < 4.78 is 0. The maximum atomic E-state index is 12.1. The number of nitrogens with zero attached hydrogens (tertiary/aromatic N) is 2. The molecule has 0 bridgehead atoms. The first-order valence-electron chi connectivity index (χ1n) is 11.8. The summed E-state index contributed by atoms with van der Waals surface area (Å²) in [6.45, 7) is 8.51. The molecule has 4 heteroatoms. The van der Waals surface area contributed by atoms with Gasteiger partial charge in [-0.2, -0.15) is 0 Å². The fourth-order valence-corrected chi connectivity index (χ4v) is 7.55. The number of rotatable bonds is 4. The van der Waals surface area contributed by atoms with E-state index in [0.29, 0.717) is 30.0 Å². The average Bonchev–Trinajstić information content (AvgIpc) is 3.12. The molecule has 1 N–H and O–H groups in total. The van der Waals surface area contributed by atoms with Gasteiger partial charge in [-0.3, -0.25) is 9.79 Å². The molecule has 1 aromatic rings. The lowest BCUT2D eigenvalue weighted by atomic mass is 9.48. The molecule has 0 heterocycles. The van der Waals surface area contributed by atoms with E-state index in [0.717, 1.165) is 43.5 Å². The first-order chi connectivity index (χ1) is 14.9. The Morgan fingerprint density at radius 1 is 1.13 bits per heavy atom. The van der Waals surface area contributed by atoms with E-state index in [4.69, 9.17) is 0 Å². The lowest BCUT2D eigenvalue weighted by Gasteiger charge is -2.57. The third kappa shape index (κ3) is 2.98. The van der Waals surface area contributed by atoms with Crippen LogP contribution in [0, 0.1) is 28.6 Å². The lowest BCUT2D eigenvalue weighted by molar-refractivity contribution is -0.122. The van der Waals surface area contributed by atoms with Crippen molar-refractivity contribution >= 4 is 23.9 Å². The van der Waals surface area contributed by atoms with Crippen molar-refractivity contribution in [3.63, 3.8) is 0 Å². The fraction of sp³-hybridized carbons (Fsp3) is 0.556. The molecule has 4 nitrogen and oxygen atoms in total. The summed E-state index contributed by atoms with van der Waals surface area (Å²) in [6, 6.07) is 7.94.